The monoisotopic (exact) mass is 485 g/mol. The number of nitrogens with zero attached hydrogens (tertiary/aromatic N) is 4. The van der Waals surface area contributed by atoms with E-state index >= 15 is 0 Å². The van der Waals surface area contributed by atoms with Crippen LogP contribution in [-0.4, -0.2) is 61.1 Å². The molecule has 2 aliphatic heterocycles. The summed E-state index contributed by atoms with van der Waals surface area (Å²) >= 11 is 0. The Morgan fingerprint density at radius 2 is 2.15 bits per heavy atom. The van der Waals surface area contributed by atoms with Crippen molar-refractivity contribution in [3.05, 3.63) is 46.3 Å². The number of aryl methyl sites for hydroxylation is 2. The molecular formula is C22H27N7O4S. The number of ether oxygens (including phenoxy) is 1. The van der Waals surface area contributed by atoms with Gasteiger partial charge in [0.25, 0.3) is 5.91 Å². The number of fused-ring (bicyclic) bond motifs is 1. The van der Waals surface area contributed by atoms with Gasteiger partial charge in [0.05, 0.1) is 35.4 Å². The molecule has 2 unspecified atom stereocenters. The van der Waals surface area contributed by atoms with Gasteiger partial charge in [0, 0.05) is 18.5 Å². The van der Waals surface area contributed by atoms with E-state index in [4.69, 9.17) is 10.5 Å². The number of hydrogen-bond donors (Lipinski definition) is 3. The van der Waals surface area contributed by atoms with Crippen molar-refractivity contribution in [3.63, 3.8) is 0 Å². The summed E-state index contributed by atoms with van der Waals surface area (Å²) in [5.41, 5.74) is 9.56. The van der Waals surface area contributed by atoms with E-state index in [0.717, 1.165) is 23.2 Å². The number of amides is 1. The average Bonchev–Trinajstić information content (AvgIpc) is 3.45. The average molecular weight is 486 g/mol. The topological polar surface area (TPSA) is 152 Å². The van der Waals surface area contributed by atoms with E-state index in [1.807, 2.05) is 26.8 Å². The van der Waals surface area contributed by atoms with Crippen molar-refractivity contribution in [1.29, 1.82) is 0 Å². The van der Waals surface area contributed by atoms with Gasteiger partial charge < -0.3 is 15.4 Å². The molecule has 1 aromatic carbocycles. The molecule has 12 heteroatoms. The number of carbonyl (C=O) groups is 1. The molecule has 1 saturated carbocycles. The summed E-state index contributed by atoms with van der Waals surface area (Å²) in [6, 6.07) is 3.64. The molecule has 1 amide bonds. The zero-order valence-corrected chi connectivity index (χ0v) is 20.1. The van der Waals surface area contributed by atoms with E-state index in [1.54, 1.807) is 11.0 Å². The highest BCUT2D eigenvalue weighted by Gasteiger charge is 2.59. The number of benzene rings is 1. The second-order valence-electron chi connectivity index (χ2n) is 9.17. The van der Waals surface area contributed by atoms with Crippen LogP contribution in [0.3, 0.4) is 0 Å². The highest BCUT2D eigenvalue weighted by atomic mass is 32.2. The number of amidine groups is 1. The highest BCUT2D eigenvalue weighted by molar-refractivity contribution is 7.91. The first kappa shape index (κ1) is 22.5. The van der Waals surface area contributed by atoms with Crippen LogP contribution in [0.4, 0.5) is 5.69 Å². The summed E-state index contributed by atoms with van der Waals surface area (Å²) in [7, 11) is -3.90. The van der Waals surface area contributed by atoms with Crippen molar-refractivity contribution in [1.82, 2.24) is 20.4 Å². The van der Waals surface area contributed by atoms with Crippen LogP contribution in [0.1, 0.15) is 46.1 Å². The fourth-order valence-electron chi connectivity index (χ4n) is 4.63. The Labute approximate surface area is 198 Å². The van der Waals surface area contributed by atoms with Gasteiger partial charge in [0.1, 0.15) is 11.9 Å². The summed E-state index contributed by atoms with van der Waals surface area (Å²) in [5.74, 6) is 0.284. The van der Waals surface area contributed by atoms with Crippen molar-refractivity contribution in [2.24, 2.45) is 15.5 Å². The van der Waals surface area contributed by atoms with E-state index in [1.165, 1.54) is 6.20 Å². The fourth-order valence-corrected chi connectivity index (χ4v) is 5.54. The molecule has 1 saturated heterocycles. The third kappa shape index (κ3) is 3.86. The van der Waals surface area contributed by atoms with E-state index < -0.39 is 10.2 Å². The normalized spacial score (nSPS) is 24.7. The Bertz CT molecular complexity index is 1330. The minimum absolute atomic E-state index is 0.1000. The molecule has 2 fully saturated rings. The molecule has 0 radical (unpaired) electrons. The standard InChI is InChI=1S/C22H27N7O4S/c1-4-15-6-14(8-25-26-15)21(30)29-10-22(9-24-11-29)7-17(22)33-16-5-12(2)13(3)19-18(16)20(23)28-34(31,32)27-19/h5-6,8,17,24,27H,4,7,9-11H2,1-3H3,(H2,23,28). The number of hydrogen-bond acceptors (Lipinski definition) is 8. The molecule has 0 bridgehead atoms. The number of anilines is 1. The molecular weight excluding hydrogens is 458 g/mol. The zero-order valence-electron chi connectivity index (χ0n) is 19.3. The van der Waals surface area contributed by atoms with Gasteiger partial charge in [0.15, 0.2) is 5.84 Å². The molecule has 5 rings (SSSR count). The van der Waals surface area contributed by atoms with E-state index in [2.05, 4.69) is 24.6 Å². The smallest absolute Gasteiger partial charge is 0.344 e. The molecule has 11 nitrogen and oxygen atoms in total. The van der Waals surface area contributed by atoms with Gasteiger partial charge in [-0.15, -0.1) is 4.40 Å². The molecule has 4 N–H and O–H groups in total. The first-order valence-electron chi connectivity index (χ1n) is 11.1. The van der Waals surface area contributed by atoms with Crippen molar-refractivity contribution < 1.29 is 17.9 Å². The molecule has 1 aromatic heterocycles. The quantitative estimate of drug-likeness (QED) is 0.577. The maximum atomic E-state index is 13.1. The van der Waals surface area contributed by atoms with Crippen molar-refractivity contribution >= 4 is 27.6 Å². The Morgan fingerprint density at radius 3 is 2.91 bits per heavy atom. The highest BCUT2D eigenvalue weighted by Crippen LogP contribution is 2.51. The molecule has 2 aromatic rings. The minimum atomic E-state index is -3.90. The summed E-state index contributed by atoms with van der Waals surface area (Å²) in [6.45, 7) is 7.37. The first-order chi connectivity index (χ1) is 16.1. The van der Waals surface area contributed by atoms with Gasteiger partial charge in [-0.05, 0) is 49.9 Å². The lowest BCUT2D eigenvalue weighted by molar-refractivity contribution is 0.0600. The molecule has 180 valence electrons. The van der Waals surface area contributed by atoms with Gasteiger partial charge in [0.2, 0.25) is 0 Å². The number of nitrogens with one attached hydrogen (secondary N) is 2. The largest absolute Gasteiger partial charge is 0.489 e. The molecule has 2 atom stereocenters. The van der Waals surface area contributed by atoms with Crippen molar-refractivity contribution in [2.45, 2.75) is 39.7 Å². The van der Waals surface area contributed by atoms with Crippen molar-refractivity contribution in [3.8, 4) is 5.75 Å². The molecule has 3 aliphatic rings. The van der Waals surface area contributed by atoms with E-state index in [-0.39, 0.29) is 23.3 Å². The van der Waals surface area contributed by atoms with Crippen LogP contribution >= 0.6 is 0 Å². The van der Waals surface area contributed by atoms with Gasteiger partial charge in [-0.2, -0.15) is 18.6 Å². The molecule has 1 aliphatic carbocycles. The lowest BCUT2D eigenvalue weighted by Gasteiger charge is -2.34. The zero-order chi connectivity index (χ0) is 24.3. The summed E-state index contributed by atoms with van der Waals surface area (Å²) < 4.78 is 36.6. The molecule has 1 spiro atoms. The van der Waals surface area contributed by atoms with Crippen LogP contribution in [0, 0.1) is 19.3 Å². The minimum Gasteiger partial charge on any atom is -0.489 e. The van der Waals surface area contributed by atoms with E-state index in [9.17, 15) is 13.2 Å². The number of carbonyl (C=O) groups excluding carboxylic acids is 1. The number of aromatic nitrogens is 2. The third-order valence-electron chi connectivity index (χ3n) is 6.79. The maximum absolute atomic E-state index is 13.1. The molecule has 3 heterocycles. The van der Waals surface area contributed by atoms with Gasteiger partial charge in [-0.1, -0.05) is 6.92 Å². The Hall–Kier alpha value is -3.25. The number of rotatable bonds is 4. The summed E-state index contributed by atoms with van der Waals surface area (Å²) in [5, 5.41) is 11.3. The predicted molar refractivity (Wildman–Crippen MR) is 126 cm³/mol. The van der Waals surface area contributed by atoms with Crippen LogP contribution in [0.25, 0.3) is 0 Å². The summed E-state index contributed by atoms with van der Waals surface area (Å²) in [4.78, 5) is 14.9. The Kier molecular flexibility index (Phi) is 5.24. The lowest BCUT2D eigenvalue weighted by Crippen LogP contribution is -2.52. The SMILES string of the molecule is CCc1cc(C(=O)N2CNCC3(CC3Oc3cc(C)c(C)c4c3C(N)=NS(=O)(=O)N4)C2)cnn1. The number of nitrogens with two attached hydrogens (primary N) is 1. The van der Waals surface area contributed by atoms with Crippen LogP contribution < -0.4 is 20.5 Å². The van der Waals surface area contributed by atoms with Gasteiger partial charge in [-0.25, -0.2) is 0 Å². The maximum Gasteiger partial charge on any atom is 0.344 e. The second-order valence-corrected chi connectivity index (χ2v) is 10.5. The van der Waals surface area contributed by atoms with Gasteiger partial charge >= 0.3 is 10.2 Å². The fraction of sp³-hybridized carbons (Fsp3) is 0.455. The Balaban J connectivity index is 1.37. The first-order valence-corrected chi connectivity index (χ1v) is 12.6. The van der Waals surface area contributed by atoms with Crippen LogP contribution in [-0.2, 0) is 16.6 Å². The summed E-state index contributed by atoms with van der Waals surface area (Å²) in [6.07, 6.45) is 2.79. The predicted octanol–water partition coefficient (Wildman–Crippen LogP) is 0.872. The Morgan fingerprint density at radius 1 is 1.35 bits per heavy atom. The molecule has 34 heavy (non-hydrogen) atoms. The third-order valence-corrected chi connectivity index (χ3v) is 7.69. The van der Waals surface area contributed by atoms with Crippen LogP contribution in [0.15, 0.2) is 22.7 Å². The van der Waals surface area contributed by atoms with Gasteiger partial charge in [-0.3, -0.25) is 14.8 Å². The van der Waals surface area contributed by atoms with Crippen LogP contribution in [0.2, 0.25) is 0 Å². The second kappa shape index (κ2) is 7.91. The lowest BCUT2D eigenvalue weighted by atomic mass is 10.0. The van der Waals surface area contributed by atoms with E-state index in [0.29, 0.717) is 48.7 Å². The van der Waals surface area contributed by atoms with Crippen molar-refractivity contribution in [2.75, 3.05) is 24.5 Å². The van der Waals surface area contributed by atoms with Crippen LogP contribution in [0.5, 0.6) is 5.75 Å².